The molecule has 0 saturated carbocycles. The summed E-state index contributed by atoms with van der Waals surface area (Å²) in [4.78, 5) is 28.6. The van der Waals surface area contributed by atoms with Gasteiger partial charge in [0.1, 0.15) is 5.82 Å². The predicted molar refractivity (Wildman–Crippen MR) is 92.7 cm³/mol. The van der Waals surface area contributed by atoms with E-state index in [4.69, 9.17) is 13.9 Å². The molecule has 1 aromatic carbocycles. The highest BCUT2D eigenvalue weighted by molar-refractivity contribution is 5.84. The first kappa shape index (κ1) is 18.7. The third-order valence-corrected chi connectivity index (χ3v) is 4.44. The van der Waals surface area contributed by atoms with E-state index in [-0.39, 0.29) is 18.6 Å². The maximum absolute atomic E-state index is 14.5. The molecule has 1 N–H and O–H groups in total. The Labute approximate surface area is 155 Å². The number of hydrogen-bond donors (Lipinski definition) is 1. The van der Waals surface area contributed by atoms with Gasteiger partial charge in [0.2, 0.25) is 0 Å². The van der Waals surface area contributed by atoms with Crippen molar-refractivity contribution in [3.05, 3.63) is 47.9 Å². The standard InChI is InChI=1S/C18H20FN3O5/c1-25-18(24)22-6-4-12(5-7-22)15-3-2-13(8-16(15)19)21-17(23)26-10-14-9-20-11-27-14/h2-3,8-9,11-12H,4-7,10H2,1H3,(H,21,23). The van der Waals surface area contributed by atoms with Gasteiger partial charge in [-0.3, -0.25) is 5.32 Å². The second-order valence-corrected chi connectivity index (χ2v) is 6.14. The van der Waals surface area contributed by atoms with Crippen LogP contribution in [0.5, 0.6) is 0 Å². The fourth-order valence-electron chi connectivity index (χ4n) is 3.04. The lowest BCUT2D eigenvalue weighted by molar-refractivity contribution is 0.112. The molecule has 8 nitrogen and oxygen atoms in total. The normalized spacial score (nSPS) is 14.7. The van der Waals surface area contributed by atoms with Crippen LogP contribution in [0.4, 0.5) is 19.7 Å². The molecule has 0 bridgehead atoms. The van der Waals surface area contributed by atoms with E-state index >= 15 is 0 Å². The highest BCUT2D eigenvalue weighted by atomic mass is 19.1. The van der Waals surface area contributed by atoms with Crippen molar-refractivity contribution in [2.75, 3.05) is 25.5 Å². The Kier molecular flexibility index (Phi) is 5.90. The number of rotatable bonds is 4. The number of benzene rings is 1. The van der Waals surface area contributed by atoms with E-state index < -0.39 is 11.9 Å². The van der Waals surface area contributed by atoms with Gasteiger partial charge >= 0.3 is 12.2 Å². The topological polar surface area (TPSA) is 93.9 Å². The SMILES string of the molecule is COC(=O)N1CCC(c2ccc(NC(=O)OCc3cnco3)cc2F)CC1. The minimum atomic E-state index is -0.718. The van der Waals surface area contributed by atoms with E-state index in [0.29, 0.717) is 42.9 Å². The minimum Gasteiger partial charge on any atom is -0.453 e. The van der Waals surface area contributed by atoms with Gasteiger partial charge in [0.15, 0.2) is 18.8 Å². The van der Waals surface area contributed by atoms with E-state index in [1.807, 2.05) is 0 Å². The van der Waals surface area contributed by atoms with Gasteiger partial charge in [0, 0.05) is 18.8 Å². The molecule has 9 heteroatoms. The van der Waals surface area contributed by atoms with Gasteiger partial charge in [0.05, 0.1) is 13.3 Å². The van der Waals surface area contributed by atoms with E-state index in [1.54, 1.807) is 17.0 Å². The Balaban J connectivity index is 1.54. The molecule has 0 atom stereocenters. The molecule has 2 aromatic rings. The molecule has 27 heavy (non-hydrogen) atoms. The van der Waals surface area contributed by atoms with Crippen LogP contribution in [-0.4, -0.2) is 42.3 Å². The van der Waals surface area contributed by atoms with Crippen LogP contribution in [0.25, 0.3) is 0 Å². The molecular weight excluding hydrogens is 357 g/mol. The van der Waals surface area contributed by atoms with Crippen LogP contribution in [0.1, 0.15) is 30.1 Å². The van der Waals surface area contributed by atoms with Crippen LogP contribution < -0.4 is 5.32 Å². The van der Waals surface area contributed by atoms with Crippen molar-refractivity contribution in [1.29, 1.82) is 0 Å². The lowest BCUT2D eigenvalue weighted by Gasteiger charge is -2.31. The third kappa shape index (κ3) is 4.75. The fourth-order valence-corrected chi connectivity index (χ4v) is 3.04. The largest absolute Gasteiger partial charge is 0.453 e. The first-order valence-electron chi connectivity index (χ1n) is 8.50. The third-order valence-electron chi connectivity index (χ3n) is 4.44. The van der Waals surface area contributed by atoms with Gasteiger partial charge in [-0.05, 0) is 36.5 Å². The summed E-state index contributed by atoms with van der Waals surface area (Å²) in [6.45, 7) is 0.973. The number of methoxy groups -OCH3 is 1. The molecule has 2 heterocycles. The number of likely N-dealkylation sites (tertiary alicyclic amines) is 1. The van der Waals surface area contributed by atoms with Gasteiger partial charge in [-0.2, -0.15) is 0 Å². The van der Waals surface area contributed by atoms with Crippen LogP contribution in [0.2, 0.25) is 0 Å². The first-order chi connectivity index (χ1) is 13.1. The van der Waals surface area contributed by atoms with Crippen molar-refractivity contribution in [2.24, 2.45) is 0 Å². The van der Waals surface area contributed by atoms with Crippen molar-refractivity contribution in [3.63, 3.8) is 0 Å². The Bertz CT molecular complexity index is 788. The number of amides is 2. The Morgan fingerprint density at radius 1 is 1.37 bits per heavy atom. The number of carbonyl (C=O) groups excluding carboxylic acids is 2. The highest BCUT2D eigenvalue weighted by Crippen LogP contribution is 2.31. The number of carbonyl (C=O) groups is 2. The smallest absolute Gasteiger partial charge is 0.412 e. The van der Waals surface area contributed by atoms with E-state index in [2.05, 4.69) is 10.3 Å². The molecule has 1 fully saturated rings. The number of hydrogen-bond acceptors (Lipinski definition) is 6. The van der Waals surface area contributed by atoms with Gasteiger partial charge in [0.25, 0.3) is 0 Å². The summed E-state index contributed by atoms with van der Waals surface area (Å²) >= 11 is 0. The number of halogens is 1. The molecule has 1 aliphatic rings. The lowest BCUT2D eigenvalue weighted by atomic mass is 9.89. The fraction of sp³-hybridized carbons (Fsp3) is 0.389. The molecule has 2 amide bonds. The highest BCUT2D eigenvalue weighted by Gasteiger charge is 2.26. The molecule has 0 aliphatic carbocycles. The molecule has 0 unspecified atom stereocenters. The molecule has 0 spiro atoms. The molecule has 1 saturated heterocycles. The second-order valence-electron chi connectivity index (χ2n) is 6.14. The Morgan fingerprint density at radius 2 is 2.15 bits per heavy atom. The van der Waals surface area contributed by atoms with Crippen LogP contribution >= 0.6 is 0 Å². The Hall–Kier alpha value is -3.10. The average molecular weight is 377 g/mol. The number of aromatic nitrogens is 1. The summed E-state index contributed by atoms with van der Waals surface area (Å²) < 4.78 is 29.1. The summed E-state index contributed by atoms with van der Waals surface area (Å²) in [5.41, 5.74) is 0.867. The summed E-state index contributed by atoms with van der Waals surface area (Å²) in [6.07, 6.45) is 2.89. The van der Waals surface area contributed by atoms with E-state index in [9.17, 15) is 14.0 Å². The molecular formula is C18H20FN3O5. The zero-order valence-corrected chi connectivity index (χ0v) is 14.8. The quantitative estimate of drug-likeness (QED) is 0.876. The van der Waals surface area contributed by atoms with Crippen molar-refractivity contribution in [1.82, 2.24) is 9.88 Å². The summed E-state index contributed by atoms with van der Waals surface area (Å²) in [7, 11) is 1.34. The molecule has 1 aliphatic heterocycles. The monoisotopic (exact) mass is 377 g/mol. The average Bonchev–Trinajstić information content (AvgIpc) is 3.20. The number of ether oxygens (including phenoxy) is 2. The summed E-state index contributed by atoms with van der Waals surface area (Å²) in [5.74, 6) is 0.0166. The second kappa shape index (κ2) is 8.52. The predicted octanol–water partition coefficient (Wildman–Crippen LogP) is 3.51. The van der Waals surface area contributed by atoms with Crippen LogP contribution in [-0.2, 0) is 16.1 Å². The zero-order chi connectivity index (χ0) is 19.2. The lowest BCUT2D eigenvalue weighted by Crippen LogP contribution is -2.37. The number of piperidine rings is 1. The maximum atomic E-state index is 14.5. The maximum Gasteiger partial charge on any atom is 0.412 e. The number of nitrogens with zero attached hydrogens (tertiary/aromatic N) is 2. The molecule has 144 valence electrons. The van der Waals surface area contributed by atoms with Crippen molar-refractivity contribution in [2.45, 2.75) is 25.4 Å². The van der Waals surface area contributed by atoms with Crippen LogP contribution in [0.3, 0.4) is 0 Å². The minimum absolute atomic E-state index is 0.0124. The van der Waals surface area contributed by atoms with Crippen LogP contribution in [0.15, 0.2) is 35.2 Å². The summed E-state index contributed by atoms with van der Waals surface area (Å²) in [5, 5.41) is 2.47. The van der Waals surface area contributed by atoms with Gasteiger partial charge in [-0.15, -0.1) is 0 Å². The Morgan fingerprint density at radius 3 is 2.78 bits per heavy atom. The number of oxazole rings is 1. The number of anilines is 1. The molecule has 0 radical (unpaired) electrons. The zero-order valence-electron chi connectivity index (χ0n) is 14.8. The van der Waals surface area contributed by atoms with Crippen molar-refractivity contribution < 1.29 is 27.9 Å². The van der Waals surface area contributed by atoms with E-state index in [0.717, 1.165) is 0 Å². The summed E-state index contributed by atoms with van der Waals surface area (Å²) in [6, 6.07) is 4.54. The molecule has 1 aromatic heterocycles. The first-order valence-corrected chi connectivity index (χ1v) is 8.50. The van der Waals surface area contributed by atoms with E-state index in [1.165, 1.54) is 25.8 Å². The molecule has 3 rings (SSSR count). The van der Waals surface area contributed by atoms with Crippen LogP contribution in [0, 0.1) is 5.82 Å². The van der Waals surface area contributed by atoms with Gasteiger partial charge in [-0.25, -0.2) is 19.0 Å². The van der Waals surface area contributed by atoms with Crippen molar-refractivity contribution >= 4 is 17.9 Å². The van der Waals surface area contributed by atoms with Crippen molar-refractivity contribution in [3.8, 4) is 0 Å². The van der Waals surface area contributed by atoms with Gasteiger partial charge < -0.3 is 18.8 Å². The van der Waals surface area contributed by atoms with Gasteiger partial charge in [-0.1, -0.05) is 6.07 Å². The number of nitrogens with one attached hydrogen (secondary N) is 1.